The molecule has 82 valence electrons. The molecular weight excluding hydrogens is 186 g/mol. The van der Waals surface area contributed by atoms with Gasteiger partial charge in [0.1, 0.15) is 0 Å². The minimum atomic E-state index is 0.695. The average Bonchev–Trinajstić information content (AvgIpc) is 2.79. The van der Waals surface area contributed by atoms with Crippen LogP contribution >= 0.6 is 0 Å². The van der Waals surface area contributed by atoms with E-state index in [1.165, 1.54) is 24.9 Å². The Kier molecular flexibility index (Phi) is 4.18. The lowest BCUT2D eigenvalue weighted by molar-refractivity contribution is 0.112. The van der Waals surface area contributed by atoms with E-state index in [0.29, 0.717) is 6.04 Å². The Bertz CT molecular complexity index is 267. The smallest absolute Gasteiger partial charge is 0.0716 e. The topological polar surface area (TPSA) is 21.3 Å². The monoisotopic (exact) mass is 205 g/mol. The van der Waals surface area contributed by atoms with Crippen molar-refractivity contribution < 1.29 is 4.74 Å². The molecule has 1 heterocycles. The molecule has 0 aromatic heterocycles. The van der Waals surface area contributed by atoms with Gasteiger partial charge in [-0.2, -0.15) is 0 Å². The van der Waals surface area contributed by atoms with Gasteiger partial charge in [0, 0.05) is 12.6 Å². The van der Waals surface area contributed by atoms with E-state index in [-0.39, 0.29) is 0 Å². The lowest BCUT2D eigenvalue weighted by Crippen LogP contribution is -2.22. The van der Waals surface area contributed by atoms with Crippen molar-refractivity contribution in [2.45, 2.75) is 31.9 Å². The van der Waals surface area contributed by atoms with Gasteiger partial charge in [-0.05, 0) is 31.4 Å². The second-order valence-corrected chi connectivity index (χ2v) is 4.12. The van der Waals surface area contributed by atoms with E-state index >= 15 is 0 Å². The van der Waals surface area contributed by atoms with Crippen molar-refractivity contribution in [2.75, 3.05) is 13.2 Å². The van der Waals surface area contributed by atoms with E-state index in [9.17, 15) is 0 Å². The number of hydrogen-bond acceptors (Lipinski definition) is 2. The van der Waals surface area contributed by atoms with Gasteiger partial charge in [-0.15, -0.1) is 0 Å². The molecule has 0 radical (unpaired) electrons. The minimum Gasteiger partial charge on any atom is -0.377 e. The number of ether oxygens (including phenoxy) is 1. The Hall–Kier alpha value is -0.860. The molecule has 1 aromatic carbocycles. The summed E-state index contributed by atoms with van der Waals surface area (Å²) >= 11 is 0. The molecule has 2 nitrogen and oxygen atoms in total. The van der Waals surface area contributed by atoms with Crippen LogP contribution in [0.5, 0.6) is 0 Å². The highest BCUT2D eigenvalue weighted by atomic mass is 16.5. The molecule has 0 amide bonds. The fourth-order valence-electron chi connectivity index (χ4n) is 1.99. The molecule has 0 saturated carbocycles. The van der Waals surface area contributed by atoms with Crippen LogP contribution in [0.2, 0.25) is 0 Å². The minimum absolute atomic E-state index is 0.695. The van der Waals surface area contributed by atoms with Crippen LogP contribution in [-0.4, -0.2) is 19.2 Å². The molecule has 2 rings (SSSR count). The van der Waals surface area contributed by atoms with Crippen LogP contribution in [0, 0.1) is 0 Å². The largest absolute Gasteiger partial charge is 0.377 e. The highest BCUT2D eigenvalue weighted by Gasteiger charge is 2.12. The summed E-state index contributed by atoms with van der Waals surface area (Å²) in [4.78, 5) is 0. The fraction of sp³-hybridized carbons (Fsp3) is 0.538. The van der Waals surface area contributed by atoms with Gasteiger partial charge in [-0.1, -0.05) is 30.3 Å². The maximum atomic E-state index is 5.64. The maximum absolute atomic E-state index is 5.64. The summed E-state index contributed by atoms with van der Waals surface area (Å²) in [5.41, 5.74) is 1.26. The zero-order valence-corrected chi connectivity index (χ0v) is 9.11. The van der Waals surface area contributed by atoms with Crippen molar-refractivity contribution in [2.24, 2.45) is 0 Å². The third kappa shape index (κ3) is 3.65. The van der Waals surface area contributed by atoms with Crippen molar-refractivity contribution in [3.05, 3.63) is 35.9 Å². The van der Waals surface area contributed by atoms with E-state index in [2.05, 4.69) is 29.6 Å². The van der Waals surface area contributed by atoms with Gasteiger partial charge < -0.3 is 10.1 Å². The van der Waals surface area contributed by atoms with Crippen LogP contribution in [0.4, 0.5) is 0 Å². The summed E-state index contributed by atoms with van der Waals surface area (Å²) in [5.74, 6) is 0. The fourth-order valence-corrected chi connectivity index (χ4v) is 1.99. The molecule has 0 spiro atoms. The number of rotatable bonds is 5. The molecule has 0 aliphatic carbocycles. The summed E-state index contributed by atoms with van der Waals surface area (Å²) in [7, 11) is 0. The van der Waals surface area contributed by atoms with Gasteiger partial charge in [0.05, 0.1) is 6.61 Å². The highest BCUT2D eigenvalue weighted by Crippen LogP contribution is 2.09. The third-order valence-corrected chi connectivity index (χ3v) is 2.88. The summed E-state index contributed by atoms with van der Waals surface area (Å²) in [6, 6.07) is 11.0. The number of benzene rings is 1. The Morgan fingerprint density at radius 2 is 2.13 bits per heavy atom. The summed E-state index contributed by atoms with van der Waals surface area (Å²) in [5, 5.41) is 3.48. The Balaban J connectivity index is 1.59. The van der Waals surface area contributed by atoms with Crippen LogP contribution in [0.25, 0.3) is 0 Å². The Morgan fingerprint density at radius 3 is 2.87 bits per heavy atom. The molecule has 1 aliphatic heterocycles. The van der Waals surface area contributed by atoms with Crippen LogP contribution in [0.1, 0.15) is 24.8 Å². The summed E-state index contributed by atoms with van der Waals surface area (Å²) in [6.45, 7) is 2.80. The van der Waals surface area contributed by atoms with E-state index < -0.39 is 0 Å². The van der Waals surface area contributed by atoms with Crippen molar-refractivity contribution in [3.8, 4) is 0 Å². The molecule has 1 aliphatic rings. The molecule has 1 saturated heterocycles. The van der Waals surface area contributed by atoms with Gasteiger partial charge >= 0.3 is 0 Å². The Morgan fingerprint density at radius 1 is 1.27 bits per heavy atom. The first-order valence-electron chi connectivity index (χ1n) is 5.80. The van der Waals surface area contributed by atoms with Crippen LogP contribution in [0.3, 0.4) is 0 Å². The lowest BCUT2D eigenvalue weighted by Gasteiger charge is -2.10. The van der Waals surface area contributed by atoms with Crippen molar-refractivity contribution in [1.29, 1.82) is 0 Å². The predicted molar refractivity (Wildman–Crippen MR) is 61.7 cm³/mol. The van der Waals surface area contributed by atoms with E-state index in [1.54, 1.807) is 0 Å². The van der Waals surface area contributed by atoms with Crippen LogP contribution in [-0.2, 0) is 11.3 Å². The van der Waals surface area contributed by atoms with Crippen molar-refractivity contribution in [3.63, 3.8) is 0 Å². The molecule has 0 bridgehead atoms. The molecule has 1 N–H and O–H groups in total. The first-order chi connectivity index (χ1) is 7.45. The van der Waals surface area contributed by atoms with E-state index in [4.69, 9.17) is 4.74 Å². The van der Waals surface area contributed by atoms with E-state index in [0.717, 1.165) is 19.6 Å². The zero-order valence-electron chi connectivity index (χ0n) is 9.11. The first-order valence-corrected chi connectivity index (χ1v) is 5.80. The van der Waals surface area contributed by atoms with Gasteiger partial charge in [-0.25, -0.2) is 0 Å². The molecule has 2 heteroatoms. The SMILES string of the molecule is c1ccc(COCCC2CCCN2)cc1. The number of nitrogens with one attached hydrogen (secondary N) is 1. The second-order valence-electron chi connectivity index (χ2n) is 4.12. The summed E-state index contributed by atoms with van der Waals surface area (Å²) in [6.07, 6.45) is 3.78. The standard InChI is InChI=1S/C13H19NO/c1-2-5-12(6-3-1)11-15-10-8-13-7-4-9-14-13/h1-3,5-6,13-14H,4,7-11H2. The maximum Gasteiger partial charge on any atom is 0.0716 e. The molecule has 15 heavy (non-hydrogen) atoms. The van der Waals surface area contributed by atoms with Crippen molar-refractivity contribution >= 4 is 0 Å². The molecule has 1 unspecified atom stereocenters. The molecule has 1 fully saturated rings. The van der Waals surface area contributed by atoms with Gasteiger partial charge in [0.2, 0.25) is 0 Å². The zero-order chi connectivity index (χ0) is 10.3. The van der Waals surface area contributed by atoms with Crippen molar-refractivity contribution in [1.82, 2.24) is 5.32 Å². The Labute approximate surface area is 91.6 Å². The number of hydrogen-bond donors (Lipinski definition) is 1. The van der Waals surface area contributed by atoms with Crippen LogP contribution < -0.4 is 5.32 Å². The normalized spacial score (nSPS) is 20.7. The quantitative estimate of drug-likeness (QED) is 0.745. The van der Waals surface area contributed by atoms with Gasteiger partial charge in [0.25, 0.3) is 0 Å². The highest BCUT2D eigenvalue weighted by molar-refractivity contribution is 5.13. The predicted octanol–water partition coefficient (Wildman–Crippen LogP) is 2.35. The van der Waals surface area contributed by atoms with Gasteiger partial charge in [-0.3, -0.25) is 0 Å². The van der Waals surface area contributed by atoms with Gasteiger partial charge in [0.15, 0.2) is 0 Å². The van der Waals surface area contributed by atoms with E-state index in [1.807, 2.05) is 6.07 Å². The molecule has 1 atom stereocenters. The lowest BCUT2D eigenvalue weighted by atomic mass is 10.2. The summed E-state index contributed by atoms with van der Waals surface area (Å²) < 4.78 is 5.64. The third-order valence-electron chi connectivity index (χ3n) is 2.88. The first kappa shape index (κ1) is 10.7. The van der Waals surface area contributed by atoms with Crippen LogP contribution in [0.15, 0.2) is 30.3 Å². The molecule has 1 aromatic rings. The molecular formula is C13H19NO. The average molecular weight is 205 g/mol. The second kappa shape index (κ2) is 5.89.